The first-order valence-corrected chi connectivity index (χ1v) is 11.2. The normalized spacial score (nSPS) is 13.8. The van der Waals surface area contributed by atoms with Crippen LogP contribution in [0.5, 0.6) is 5.75 Å². The monoisotopic (exact) mass is 472 g/mol. The van der Waals surface area contributed by atoms with Crippen LogP contribution in [0.15, 0.2) is 78.4 Å². The van der Waals surface area contributed by atoms with Gasteiger partial charge < -0.3 is 14.2 Å². The molecule has 7 nitrogen and oxygen atoms in total. The van der Waals surface area contributed by atoms with Gasteiger partial charge in [-0.2, -0.15) is 0 Å². The first kappa shape index (κ1) is 23.8. The van der Waals surface area contributed by atoms with Crippen LogP contribution >= 0.6 is 0 Å². The lowest BCUT2D eigenvalue weighted by atomic mass is 9.97. The fraction of sp³-hybridized carbons (Fsp3) is 0.179. The van der Waals surface area contributed by atoms with Crippen LogP contribution in [-0.4, -0.2) is 48.4 Å². The van der Waals surface area contributed by atoms with Crippen LogP contribution in [0.4, 0.5) is 0 Å². The molecule has 0 amide bonds. The SMILES string of the molecule is CCOC(=O)C1=C(c2ccccc2)c2ccc(OCc3ccc(C(=O)OC)cc3)cc2/C1=[N+](/C)O. The lowest BCUT2D eigenvalue weighted by Gasteiger charge is -2.10. The van der Waals surface area contributed by atoms with Gasteiger partial charge in [-0.25, -0.2) is 9.59 Å². The fourth-order valence-electron chi connectivity index (χ4n) is 4.08. The standard InChI is InChI=1S/C28H26NO6/c1-4-34-28(31)25-24(19-8-6-5-7-9-19)22-15-14-21(16-23(22)26(25)29(2)32)35-17-18-10-12-20(13-11-18)27(30)33-3/h5-16,32H,4,17H2,1-3H3/q+1/b29-26+. The summed E-state index contributed by atoms with van der Waals surface area (Å²) in [6.45, 7) is 2.23. The highest BCUT2D eigenvalue weighted by Gasteiger charge is 2.40. The average molecular weight is 473 g/mol. The minimum atomic E-state index is -0.508. The maximum absolute atomic E-state index is 13.0. The summed E-state index contributed by atoms with van der Waals surface area (Å²) in [4.78, 5) is 24.6. The Morgan fingerprint density at radius 2 is 1.63 bits per heavy atom. The van der Waals surface area contributed by atoms with Gasteiger partial charge in [0.1, 0.15) is 17.9 Å². The van der Waals surface area contributed by atoms with Crippen LogP contribution in [0.3, 0.4) is 0 Å². The molecule has 0 bridgehead atoms. The van der Waals surface area contributed by atoms with Gasteiger partial charge in [0, 0.05) is 5.57 Å². The molecule has 0 heterocycles. The number of methoxy groups -OCH3 is 1. The van der Waals surface area contributed by atoms with E-state index in [2.05, 4.69) is 0 Å². The molecule has 4 rings (SSSR count). The van der Waals surface area contributed by atoms with Crippen molar-refractivity contribution in [3.05, 3.63) is 106 Å². The Hall–Kier alpha value is -4.39. The third-order valence-corrected chi connectivity index (χ3v) is 5.65. The summed E-state index contributed by atoms with van der Waals surface area (Å²) in [5, 5.41) is 10.5. The lowest BCUT2D eigenvalue weighted by molar-refractivity contribution is -0.753. The van der Waals surface area contributed by atoms with Crippen molar-refractivity contribution in [1.82, 2.24) is 0 Å². The van der Waals surface area contributed by atoms with Crippen molar-refractivity contribution >= 4 is 23.2 Å². The maximum atomic E-state index is 13.0. The molecular weight excluding hydrogens is 446 g/mol. The molecule has 1 aliphatic carbocycles. The summed E-state index contributed by atoms with van der Waals surface area (Å²) < 4.78 is 17.0. The van der Waals surface area contributed by atoms with E-state index < -0.39 is 11.9 Å². The molecule has 0 aliphatic heterocycles. The number of nitrogens with zero attached hydrogens (tertiary/aromatic N) is 1. The van der Waals surface area contributed by atoms with E-state index in [1.165, 1.54) is 14.2 Å². The number of rotatable bonds is 7. The molecule has 1 N–H and O–H groups in total. The molecule has 3 aromatic carbocycles. The number of hydrogen-bond donors (Lipinski definition) is 1. The summed E-state index contributed by atoms with van der Waals surface area (Å²) in [5.74, 6) is -0.337. The number of fused-ring (bicyclic) bond motifs is 1. The Morgan fingerprint density at radius 1 is 0.914 bits per heavy atom. The molecular formula is C28H26NO6+. The van der Waals surface area contributed by atoms with Gasteiger partial charge in [-0.15, -0.1) is 0 Å². The molecule has 0 saturated heterocycles. The average Bonchev–Trinajstić information content (AvgIpc) is 3.23. The number of hydroxylamine groups is 1. The summed E-state index contributed by atoms with van der Waals surface area (Å²) in [6, 6.07) is 22.0. The predicted octanol–water partition coefficient (Wildman–Crippen LogP) is 4.25. The molecule has 0 atom stereocenters. The molecule has 178 valence electrons. The number of benzene rings is 3. The summed E-state index contributed by atoms with van der Waals surface area (Å²) >= 11 is 0. The molecule has 3 aromatic rings. The Kier molecular flexibility index (Phi) is 6.96. The van der Waals surface area contributed by atoms with Gasteiger partial charge in [-0.1, -0.05) is 42.5 Å². The lowest BCUT2D eigenvalue weighted by Crippen LogP contribution is -2.22. The quantitative estimate of drug-likeness (QED) is 0.240. The van der Waals surface area contributed by atoms with Crippen LogP contribution in [-0.2, 0) is 20.9 Å². The van der Waals surface area contributed by atoms with E-state index in [1.54, 1.807) is 37.3 Å². The molecule has 0 spiro atoms. The van der Waals surface area contributed by atoms with Crippen LogP contribution in [0.1, 0.15) is 39.5 Å². The number of carbonyl (C=O) groups is 2. The second-order valence-electron chi connectivity index (χ2n) is 7.89. The van der Waals surface area contributed by atoms with E-state index in [9.17, 15) is 14.8 Å². The smallest absolute Gasteiger partial charge is 0.345 e. The highest BCUT2D eigenvalue weighted by Crippen LogP contribution is 2.40. The van der Waals surface area contributed by atoms with E-state index in [1.807, 2.05) is 42.5 Å². The highest BCUT2D eigenvalue weighted by atomic mass is 16.5. The first-order chi connectivity index (χ1) is 16.9. The highest BCUT2D eigenvalue weighted by molar-refractivity contribution is 6.35. The molecule has 7 heteroatoms. The third kappa shape index (κ3) is 4.80. The molecule has 0 aromatic heterocycles. The third-order valence-electron chi connectivity index (χ3n) is 5.65. The van der Waals surface area contributed by atoms with Gasteiger partial charge in [0.15, 0.2) is 7.05 Å². The summed E-state index contributed by atoms with van der Waals surface area (Å²) in [6.07, 6.45) is 0. The van der Waals surface area contributed by atoms with Crippen molar-refractivity contribution in [3.8, 4) is 5.75 Å². The molecule has 1 aliphatic rings. The van der Waals surface area contributed by atoms with Gasteiger partial charge in [-0.05, 0) is 58.7 Å². The molecule has 0 fully saturated rings. The minimum absolute atomic E-state index is 0.215. The van der Waals surface area contributed by atoms with E-state index >= 15 is 0 Å². The van der Waals surface area contributed by atoms with Gasteiger partial charge in [-0.3, -0.25) is 5.21 Å². The van der Waals surface area contributed by atoms with E-state index in [4.69, 9.17) is 14.2 Å². The van der Waals surface area contributed by atoms with E-state index in [0.29, 0.717) is 33.7 Å². The number of carbonyl (C=O) groups excluding carboxylic acids is 2. The van der Waals surface area contributed by atoms with E-state index in [0.717, 1.165) is 21.4 Å². The van der Waals surface area contributed by atoms with Gasteiger partial charge in [0.2, 0.25) is 0 Å². The number of ether oxygens (including phenoxy) is 3. The second kappa shape index (κ2) is 10.3. The van der Waals surface area contributed by atoms with Gasteiger partial charge in [0.05, 0.1) is 24.8 Å². The Labute approximate surface area is 203 Å². The summed E-state index contributed by atoms with van der Waals surface area (Å²) in [5.41, 5.74) is 4.98. The largest absolute Gasteiger partial charge is 0.489 e. The van der Waals surface area contributed by atoms with Crippen LogP contribution in [0, 0.1) is 0 Å². The van der Waals surface area contributed by atoms with Crippen molar-refractivity contribution in [2.24, 2.45) is 0 Å². The Balaban J connectivity index is 1.69. The zero-order valence-electron chi connectivity index (χ0n) is 19.8. The number of hydrogen-bond acceptors (Lipinski definition) is 6. The topological polar surface area (TPSA) is 85.1 Å². The van der Waals surface area contributed by atoms with Crippen molar-refractivity contribution in [3.63, 3.8) is 0 Å². The van der Waals surface area contributed by atoms with Crippen LogP contribution in [0.2, 0.25) is 0 Å². The number of esters is 2. The van der Waals surface area contributed by atoms with E-state index in [-0.39, 0.29) is 13.2 Å². The van der Waals surface area contributed by atoms with Crippen molar-refractivity contribution in [1.29, 1.82) is 0 Å². The molecule has 0 unspecified atom stereocenters. The summed E-state index contributed by atoms with van der Waals surface area (Å²) in [7, 11) is 2.82. The van der Waals surface area contributed by atoms with Crippen LogP contribution in [0.25, 0.3) is 5.57 Å². The zero-order valence-corrected chi connectivity index (χ0v) is 19.8. The molecule has 35 heavy (non-hydrogen) atoms. The molecule has 0 saturated carbocycles. The minimum Gasteiger partial charge on any atom is -0.489 e. The Morgan fingerprint density at radius 3 is 2.26 bits per heavy atom. The van der Waals surface area contributed by atoms with Gasteiger partial charge >= 0.3 is 11.9 Å². The van der Waals surface area contributed by atoms with Gasteiger partial charge in [0.25, 0.3) is 5.71 Å². The van der Waals surface area contributed by atoms with Crippen molar-refractivity contribution in [2.75, 3.05) is 20.8 Å². The maximum Gasteiger partial charge on any atom is 0.345 e. The zero-order chi connectivity index (χ0) is 24.9. The van der Waals surface area contributed by atoms with Crippen LogP contribution < -0.4 is 4.74 Å². The van der Waals surface area contributed by atoms with Crippen molar-refractivity contribution in [2.45, 2.75) is 13.5 Å². The molecule has 0 radical (unpaired) electrons. The van der Waals surface area contributed by atoms with Crippen molar-refractivity contribution < 1.29 is 33.7 Å². The second-order valence-corrected chi connectivity index (χ2v) is 7.89. The predicted molar refractivity (Wildman–Crippen MR) is 130 cm³/mol. The Bertz CT molecular complexity index is 1320. The fourth-order valence-corrected chi connectivity index (χ4v) is 4.08. The first-order valence-electron chi connectivity index (χ1n) is 11.2.